The summed E-state index contributed by atoms with van der Waals surface area (Å²) in [5, 5.41) is 17.7. The van der Waals surface area contributed by atoms with E-state index in [9.17, 15) is 0 Å². The van der Waals surface area contributed by atoms with Crippen LogP contribution >= 0.6 is 0 Å². The van der Waals surface area contributed by atoms with Crippen LogP contribution in [0.4, 0.5) is 0 Å². The van der Waals surface area contributed by atoms with E-state index in [1.165, 1.54) is 86.7 Å². The fourth-order valence-electron chi connectivity index (χ4n) is 9.90. The van der Waals surface area contributed by atoms with Gasteiger partial charge in [0, 0.05) is 16.7 Å². The molecule has 3 heteroatoms. The molecule has 0 atom stereocenters. The van der Waals surface area contributed by atoms with Crippen molar-refractivity contribution in [2.75, 3.05) is 0 Å². The van der Waals surface area contributed by atoms with E-state index in [2.05, 4.69) is 194 Å². The Morgan fingerprint density at radius 2 is 0.613 bits per heavy atom. The molecule has 0 fully saturated rings. The highest BCUT2D eigenvalue weighted by atomic mass is 15.0. The Morgan fingerprint density at radius 3 is 1.24 bits per heavy atom. The fourth-order valence-corrected chi connectivity index (χ4v) is 9.90. The van der Waals surface area contributed by atoms with E-state index in [4.69, 9.17) is 15.0 Å². The molecule has 62 heavy (non-hydrogen) atoms. The molecule has 13 rings (SSSR count). The van der Waals surface area contributed by atoms with Crippen LogP contribution < -0.4 is 0 Å². The normalized spacial score (nSPS) is 11.9. The number of rotatable bonds is 5. The predicted molar refractivity (Wildman–Crippen MR) is 261 cm³/mol. The maximum absolute atomic E-state index is 5.08. The van der Waals surface area contributed by atoms with E-state index in [-0.39, 0.29) is 0 Å². The number of benzene rings is 11. The van der Waals surface area contributed by atoms with Gasteiger partial charge in [0.05, 0.1) is 0 Å². The molecular weight excluding hydrogens is 751 g/mol. The van der Waals surface area contributed by atoms with Gasteiger partial charge in [-0.2, -0.15) is 0 Å². The summed E-state index contributed by atoms with van der Waals surface area (Å²) < 4.78 is 0. The number of nitrogens with zero attached hydrogens (tertiary/aromatic N) is 3. The molecule has 0 aliphatic carbocycles. The largest absolute Gasteiger partial charge is 0.208 e. The van der Waals surface area contributed by atoms with Crippen LogP contribution in [0.2, 0.25) is 0 Å². The first-order valence-corrected chi connectivity index (χ1v) is 21.2. The summed E-state index contributed by atoms with van der Waals surface area (Å²) in [5.41, 5.74) is 7.50. The van der Waals surface area contributed by atoms with Gasteiger partial charge in [0.15, 0.2) is 17.5 Å². The maximum Gasteiger partial charge on any atom is 0.164 e. The lowest BCUT2D eigenvalue weighted by Gasteiger charge is -2.18. The van der Waals surface area contributed by atoms with Gasteiger partial charge in [0.1, 0.15) is 0 Å². The van der Waals surface area contributed by atoms with Crippen molar-refractivity contribution in [2.45, 2.75) is 0 Å². The molecule has 1 heterocycles. The second kappa shape index (κ2) is 13.6. The lowest BCUT2D eigenvalue weighted by molar-refractivity contribution is 1.07. The SMILES string of the molecule is c1ccc(-c2nc(-c3ccc(-c4ccccc4-c4cc5ccc6cccc7c8cccc9ccc%10cccc(c(c4)c5c67)c%10c98)cc3)nc(-c3ccc4ccccc4c3)n2)cc1. The second-order valence-corrected chi connectivity index (χ2v) is 16.3. The molecule has 12 aromatic carbocycles. The van der Waals surface area contributed by atoms with E-state index in [1.807, 2.05) is 18.2 Å². The zero-order valence-electron chi connectivity index (χ0n) is 33.5. The first-order chi connectivity index (χ1) is 30.7. The van der Waals surface area contributed by atoms with E-state index in [1.54, 1.807) is 0 Å². The van der Waals surface area contributed by atoms with Crippen molar-refractivity contribution in [1.82, 2.24) is 15.0 Å². The standard InChI is InChI=1S/C59H35N3/c1-2-12-41(13-3-1)57-60-58(62-59(61-57)45-32-23-36-11-4-5-14-43(36)33-45)42-29-24-37(25-30-42)47-18-6-7-19-48(47)46-34-44-31-28-40-16-9-21-50-49-20-8-15-38-26-27-39-17-10-22-51(55(39)53(38)49)52(35-46)56(44)54(40)50/h1-35H. The molecule has 0 saturated carbocycles. The van der Waals surface area contributed by atoms with Gasteiger partial charge >= 0.3 is 0 Å². The van der Waals surface area contributed by atoms with Crippen molar-refractivity contribution in [1.29, 1.82) is 0 Å². The van der Waals surface area contributed by atoms with Gasteiger partial charge in [-0.15, -0.1) is 0 Å². The van der Waals surface area contributed by atoms with Crippen LogP contribution in [0.15, 0.2) is 212 Å². The third-order valence-electron chi connectivity index (χ3n) is 12.8. The maximum atomic E-state index is 5.08. The molecule has 0 saturated heterocycles. The van der Waals surface area contributed by atoms with Gasteiger partial charge in [0.25, 0.3) is 0 Å². The van der Waals surface area contributed by atoms with Crippen LogP contribution in [0.1, 0.15) is 0 Å². The Balaban J connectivity index is 0.984. The Kier molecular flexibility index (Phi) is 7.60. The Hall–Kier alpha value is -8.27. The van der Waals surface area contributed by atoms with Gasteiger partial charge in [-0.25, -0.2) is 15.0 Å². The van der Waals surface area contributed by atoms with Gasteiger partial charge in [-0.3, -0.25) is 0 Å². The highest BCUT2D eigenvalue weighted by Gasteiger charge is 2.18. The van der Waals surface area contributed by atoms with Crippen molar-refractivity contribution < 1.29 is 0 Å². The predicted octanol–water partition coefficient (Wildman–Crippen LogP) is 15.7. The first kappa shape index (κ1) is 34.6. The summed E-state index contributed by atoms with van der Waals surface area (Å²) in [6.07, 6.45) is 0. The number of hydrogen-bond donors (Lipinski definition) is 0. The van der Waals surface area contributed by atoms with E-state index < -0.39 is 0 Å². The molecule has 0 unspecified atom stereocenters. The molecule has 0 aliphatic rings. The molecule has 1 aromatic heterocycles. The summed E-state index contributed by atoms with van der Waals surface area (Å²) in [5.74, 6) is 1.94. The van der Waals surface area contributed by atoms with E-state index in [0.717, 1.165) is 27.6 Å². The monoisotopic (exact) mass is 785 g/mol. The lowest BCUT2D eigenvalue weighted by Crippen LogP contribution is -2.00. The summed E-state index contributed by atoms with van der Waals surface area (Å²) in [7, 11) is 0. The van der Waals surface area contributed by atoms with Gasteiger partial charge in [-0.05, 0) is 116 Å². The molecule has 0 bridgehead atoms. The van der Waals surface area contributed by atoms with Crippen LogP contribution in [0.25, 0.3) is 132 Å². The zero-order chi connectivity index (χ0) is 40.7. The smallest absolute Gasteiger partial charge is 0.164 e. The quantitative estimate of drug-likeness (QED) is 0.163. The minimum absolute atomic E-state index is 0.639. The van der Waals surface area contributed by atoms with Crippen molar-refractivity contribution >= 4 is 75.4 Å². The fraction of sp³-hybridized carbons (Fsp3) is 0. The minimum Gasteiger partial charge on any atom is -0.208 e. The van der Waals surface area contributed by atoms with Crippen LogP contribution in [0.5, 0.6) is 0 Å². The van der Waals surface area contributed by atoms with Gasteiger partial charge in [-0.1, -0.05) is 194 Å². The summed E-state index contributed by atoms with van der Waals surface area (Å²) in [6.45, 7) is 0. The number of aromatic nitrogens is 3. The van der Waals surface area contributed by atoms with Crippen molar-refractivity contribution in [3.8, 4) is 56.4 Å². The van der Waals surface area contributed by atoms with Crippen LogP contribution in [-0.2, 0) is 0 Å². The second-order valence-electron chi connectivity index (χ2n) is 16.3. The molecule has 0 N–H and O–H groups in total. The van der Waals surface area contributed by atoms with E-state index in [0.29, 0.717) is 17.5 Å². The Morgan fingerprint density at radius 1 is 0.210 bits per heavy atom. The van der Waals surface area contributed by atoms with Crippen LogP contribution in [0.3, 0.4) is 0 Å². The molecule has 0 aliphatic heterocycles. The average molecular weight is 786 g/mol. The van der Waals surface area contributed by atoms with Crippen LogP contribution in [0, 0.1) is 0 Å². The molecule has 0 radical (unpaired) electrons. The highest BCUT2D eigenvalue weighted by Crippen LogP contribution is 2.45. The first-order valence-electron chi connectivity index (χ1n) is 21.2. The topological polar surface area (TPSA) is 38.7 Å². The number of hydrogen-bond acceptors (Lipinski definition) is 3. The van der Waals surface area contributed by atoms with Gasteiger partial charge in [0.2, 0.25) is 0 Å². The average Bonchev–Trinajstić information content (AvgIpc) is 3.35. The molecule has 0 amide bonds. The summed E-state index contributed by atoms with van der Waals surface area (Å²) >= 11 is 0. The molecule has 286 valence electrons. The Bertz CT molecular complexity index is 3900. The molecule has 13 aromatic rings. The third kappa shape index (κ3) is 5.42. The van der Waals surface area contributed by atoms with E-state index >= 15 is 0 Å². The van der Waals surface area contributed by atoms with Gasteiger partial charge < -0.3 is 0 Å². The molecule has 3 nitrogen and oxygen atoms in total. The number of fused-ring (bicyclic) bond motifs is 3. The summed E-state index contributed by atoms with van der Waals surface area (Å²) in [4.78, 5) is 15.1. The zero-order valence-corrected chi connectivity index (χ0v) is 33.5. The lowest BCUT2D eigenvalue weighted by atomic mass is 9.85. The van der Waals surface area contributed by atoms with Crippen LogP contribution in [-0.4, -0.2) is 15.0 Å². The summed E-state index contributed by atoms with van der Waals surface area (Å²) in [6, 6.07) is 76.7. The third-order valence-corrected chi connectivity index (χ3v) is 12.8. The minimum atomic E-state index is 0.639. The van der Waals surface area contributed by atoms with Crippen molar-refractivity contribution in [3.63, 3.8) is 0 Å². The highest BCUT2D eigenvalue weighted by molar-refractivity contribution is 6.37. The molecular formula is C59H35N3. The van der Waals surface area contributed by atoms with Crippen molar-refractivity contribution in [2.24, 2.45) is 0 Å². The Labute approximate surface area is 357 Å². The van der Waals surface area contributed by atoms with Crippen molar-refractivity contribution in [3.05, 3.63) is 212 Å². The molecule has 0 spiro atoms.